The third kappa shape index (κ3) is 4.04. The third-order valence-corrected chi connectivity index (χ3v) is 7.94. The SMILES string of the molecule is NCC(NS(=O)(=O)c1cc(Br)sc1Br)C1CCCCC1. The fraction of sp³-hybridized carbons (Fsp3) is 0.667. The molecule has 0 saturated heterocycles. The quantitative estimate of drug-likeness (QED) is 0.728. The lowest BCUT2D eigenvalue weighted by Gasteiger charge is -2.29. The van der Waals surface area contributed by atoms with Crippen LogP contribution in [0, 0.1) is 5.92 Å². The molecule has 0 amide bonds. The summed E-state index contributed by atoms with van der Waals surface area (Å²) in [6, 6.07) is 1.44. The standard InChI is InChI=1S/C12H18Br2N2O2S2/c13-11-6-10(12(14)19-11)20(17,18)16-9(7-15)8-4-2-1-3-5-8/h6,8-9,16H,1-5,7,15H2. The van der Waals surface area contributed by atoms with Crippen molar-refractivity contribution in [1.29, 1.82) is 0 Å². The van der Waals surface area contributed by atoms with Gasteiger partial charge in [0, 0.05) is 12.6 Å². The molecule has 1 aromatic rings. The van der Waals surface area contributed by atoms with Crippen molar-refractivity contribution in [3.8, 4) is 0 Å². The summed E-state index contributed by atoms with van der Waals surface area (Å²) in [5.41, 5.74) is 5.79. The van der Waals surface area contributed by atoms with Crippen LogP contribution in [0.1, 0.15) is 32.1 Å². The summed E-state index contributed by atoms with van der Waals surface area (Å²) >= 11 is 7.96. The maximum atomic E-state index is 12.5. The van der Waals surface area contributed by atoms with Crippen molar-refractivity contribution in [2.24, 2.45) is 11.7 Å². The van der Waals surface area contributed by atoms with Crippen LogP contribution in [-0.4, -0.2) is 21.0 Å². The van der Waals surface area contributed by atoms with Crippen molar-refractivity contribution in [2.45, 2.75) is 43.0 Å². The van der Waals surface area contributed by atoms with E-state index < -0.39 is 10.0 Å². The first kappa shape index (κ1) is 16.9. The van der Waals surface area contributed by atoms with Crippen LogP contribution in [0.2, 0.25) is 0 Å². The molecule has 1 unspecified atom stereocenters. The van der Waals surface area contributed by atoms with Gasteiger partial charge >= 0.3 is 0 Å². The second kappa shape index (κ2) is 7.19. The van der Waals surface area contributed by atoms with Crippen LogP contribution in [-0.2, 0) is 10.0 Å². The van der Waals surface area contributed by atoms with Crippen LogP contribution >= 0.6 is 43.2 Å². The highest BCUT2D eigenvalue weighted by atomic mass is 79.9. The number of nitrogens with one attached hydrogen (secondary N) is 1. The number of sulfonamides is 1. The van der Waals surface area contributed by atoms with Crippen LogP contribution in [0.3, 0.4) is 0 Å². The minimum atomic E-state index is -3.53. The second-order valence-corrected chi connectivity index (χ2v) is 10.5. The van der Waals surface area contributed by atoms with Gasteiger partial charge in [0.15, 0.2) is 0 Å². The van der Waals surface area contributed by atoms with Crippen molar-refractivity contribution in [3.63, 3.8) is 0 Å². The highest BCUT2D eigenvalue weighted by molar-refractivity contribution is 9.12. The van der Waals surface area contributed by atoms with E-state index in [1.54, 1.807) is 6.07 Å². The summed E-state index contributed by atoms with van der Waals surface area (Å²) in [5.74, 6) is 0.351. The normalized spacial score (nSPS) is 19.1. The van der Waals surface area contributed by atoms with E-state index in [-0.39, 0.29) is 10.9 Å². The molecule has 1 atom stereocenters. The molecular formula is C12H18Br2N2O2S2. The van der Waals surface area contributed by atoms with Gasteiger partial charge in [0.25, 0.3) is 0 Å². The van der Waals surface area contributed by atoms with Crippen LogP contribution in [0.25, 0.3) is 0 Å². The maximum absolute atomic E-state index is 12.5. The van der Waals surface area contributed by atoms with Gasteiger partial charge in [-0.25, -0.2) is 13.1 Å². The Labute approximate surface area is 140 Å². The third-order valence-electron chi connectivity index (χ3n) is 3.69. The highest BCUT2D eigenvalue weighted by Gasteiger charge is 2.29. The lowest BCUT2D eigenvalue weighted by molar-refractivity contribution is 0.294. The van der Waals surface area contributed by atoms with Crippen LogP contribution in [0.5, 0.6) is 0 Å². The molecule has 8 heteroatoms. The molecule has 1 fully saturated rings. The molecule has 1 saturated carbocycles. The van der Waals surface area contributed by atoms with Crippen molar-refractivity contribution in [3.05, 3.63) is 13.6 Å². The number of rotatable bonds is 5. The van der Waals surface area contributed by atoms with E-state index in [9.17, 15) is 8.42 Å². The van der Waals surface area contributed by atoms with Gasteiger partial charge in [0.2, 0.25) is 10.0 Å². The van der Waals surface area contributed by atoms with E-state index >= 15 is 0 Å². The van der Waals surface area contributed by atoms with Crippen molar-refractivity contribution < 1.29 is 8.42 Å². The van der Waals surface area contributed by atoms with Gasteiger partial charge in [-0.2, -0.15) is 0 Å². The van der Waals surface area contributed by atoms with Gasteiger partial charge in [0.1, 0.15) is 4.90 Å². The Kier molecular flexibility index (Phi) is 6.08. The first-order valence-corrected chi connectivity index (χ1v) is 10.5. The van der Waals surface area contributed by atoms with E-state index in [0.29, 0.717) is 16.2 Å². The summed E-state index contributed by atoms with van der Waals surface area (Å²) in [4.78, 5) is 0.281. The van der Waals surface area contributed by atoms with Crippen molar-refractivity contribution in [2.75, 3.05) is 6.54 Å². The Bertz CT molecular complexity index is 554. The van der Waals surface area contributed by atoms with Crippen molar-refractivity contribution in [1.82, 2.24) is 4.72 Å². The lowest BCUT2D eigenvalue weighted by atomic mass is 9.84. The van der Waals surface area contributed by atoms with E-state index in [0.717, 1.165) is 29.5 Å². The molecule has 0 spiro atoms. The van der Waals surface area contributed by atoms with E-state index in [1.807, 2.05) is 0 Å². The smallest absolute Gasteiger partial charge is 0.242 e. The molecule has 1 aliphatic rings. The van der Waals surface area contributed by atoms with Crippen LogP contribution < -0.4 is 10.5 Å². The molecule has 0 bridgehead atoms. The van der Waals surface area contributed by atoms with Gasteiger partial charge in [0.05, 0.1) is 7.57 Å². The Hall–Kier alpha value is 0.530. The zero-order valence-electron chi connectivity index (χ0n) is 10.9. The van der Waals surface area contributed by atoms with E-state index in [4.69, 9.17) is 5.73 Å². The fourth-order valence-electron chi connectivity index (χ4n) is 2.64. The molecule has 4 nitrogen and oxygen atoms in total. The molecule has 1 aliphatic carbocycles. The molecule has 0 aliphatic heterocycles. The predicted octanol–water partition coefficient (Wildman–Crippen LogP) is 3.46. The highest BCUT2D eigenvalue weighted by Crippen LogP contribution is 2.35. The Balaban J connectivity index is 2.15. The summed E-state index contributed by atoms with van der Waals surface area (Å²) in [6.45, 7) is 0.340. The number of hydrogen-bond acceptors (Lipinski definition) is 4. The second-order valence-electron chi connectivity index (χ2n) is 5.05. The molecule has 20 heavy (non-hydrogen) atoms. The minimum Gasteiger partial charge on any atom is -0.329 e. The van der Waals surface area contributed by atoms with Gasteiger partial charge in [-0.1, -0.05) is 19.3 Å². The van der Waals surface area contributed by atoms with Gasteiger partial charge in [-0.15, -0.1) is 11.3 Å². The molecule has 114 valence electrons. The summed E-state index contributed by atoms with van der Waals surface area (Å²) in [7, 11) is -3.53. The Morgan fingerprint density at radius 1 is 1.35 bits per heavy atom. The monoisotopic (exact) mass is 444 g/mol. The minimum absolute atomic E-state index is 0.175. The van der Waals surface area contributed by atoms with Crippen molar-refractivity contribution >= 4 is 53.2 Å². The number of halogens is 2. The van der Waals surface area contributed by atoms with Crippen LogP contribution in [0.4, 0.5) is 0 Å². The zero-order chi connectivity index (χ0) is 14.8. The van der Waals surface area contributed by atoms with Gasteiger partial charge in [-0.3, -0.25) is 0 Å². The average Bonchev–Trinajstić information content (AvgIpc) is 2.77. The number of nitrogens with two attached hydrogens (primary N) is 1. The first-order chi connectivity index (χ1) is 9.44. The zero-order valence-corrected chi connectivity index (χ0v) is 15.7. The topological polar surface area (TPSA) is 72.2 Å². The molecule has 1 heterocycles. The first-order valence-electron chi connectivity index (χ1n) is 6.61. The predicted molar refractivity (Wildman–Crippen MR) is 89.5 cm³/mol. The van der Waals surface area contributed by atoms with E-state index in [1.165, 1.54) is 17.8 Å². The Morgan fingerprint density at radius 3 is 2.50 bits per heavy atom. The molecule has 2 rings (SSSR count). The fourth-order valence-corrected chi connectivity index (χ4v) is 7.77. The molecule has 3 N–H and O–H groups in total. The van der Waals surface area contributed by atoms with Gasteiger partial charge < -0.3 is 5.73 Å². The van der Waals surface area contributed by atoms with Gasteiger partial charge in [-0.05, 0) is 56.7 Å². The van der Waals surface area contributed by atoms with E-state index in [2.05, 4.69) is 36.6 Å². The molecular weight excluding hydrogens is 428 g/mol. The maximum Gasteiger partial charge on any atom is 0.242 e. The molecule has 0 radical (unpaired) electrons. The Morgan fingerprint density at radius 2 is 2.00 bits per heavy atom. The molecule has 1 aromatic heterocycles. The number of hydrogen-bond donors (Lipinski definition) is 2. The largest absolute Gasteiger partial charge is 0.329 e. The number of thiophene rings is 1. The summed E-state index contributed by atoms with van der Waals surface area (Å²) in [5, 5.41) is 0. The summed E-state index contributed by atoms with van der Waals surface area (Å²) in [6.07, 6.45) is 5.68. The lowest BCUT2D eigenvalue weighted by Crippen LogP contribution is -2.45. The van der Waals surface area contributed by atoms with Crippen LogP contribution in [0.15, 0.2) is 18.5 Å². The average molecular weight is 446 g/mol. The molecule has 0 aromatic carbocycles. The summed E-state index contributed by atoms with van der Waals surface area (Å²) < 4.78 is 29.1.